The first-order chi connectivity index (χ1) is 13.0. The van der Waals surface area contributed by atoms with Crippen LogP contribution in [0.5, 0.6) is 5.75 Å². The molecular weight excluding hydrogens is 345 g/mol. The number of aromatic hydroxyl groups is 1. The predicted molar refractivity (Wildman–Crippen MR) is 99.9 cm³/mol. The van der Waals surface area contributed by atoms with Crippen molar-refractivity contribution in [1.29, 1.82) is 0 Å². The van der Waals surface area contributed by atoms with Crippen molar-refractivity contribution < 1.29 is 14.7 Å². The lowest BCUT2D eigenvalue weighted by molar-refractivity contribution is 0.195. The van der Waals surface area contributed by atoms with E-state index in [0.29, 0.717) is 28.3 Å². The molecule has 0 spiro atoms. The quantitative estimate of drug-likeness (QED) is 0.520. The largest absolute Gasteiger partial charge is 0.508 e. The molecule has 0 bridgehead atoms. The predicted octanol–water partition coefficient (Wildman–Crippen LogP) is 4.67. The van der Waals surface area contributed by atoms with Crippen LogP contribution in [0.3, 0.4) is 0 Å². The van der Waals surface area contributed by atoms with Gasteiger partial charge in [-0.1, -0.05) is 0 Å². The third-order valence-electron chi connectivity index (χ3n) is 4.38. The van der Waals surface area contributed by atoms with Crippen LogP contribution in [0.1, 0.15) is 5.56 Å². The van der Waals surface area contributed by atoms with Gasteiger partial charge in [-0.2, -0.15) is 4.73 Å². The molecular formula is C21H16FN3O2. The fourth-order valence-corrected chi connectivity index (χ4v) is 3.06. The lowest BCUT2D eigenvalue weighted by atomic mass is 10.1. The summed E-state index contributed by atoms with van der Waals surface area (Å²) in [6, 6.07) is 14.3. The van der Waals surface area contributed by atoms with E-state index < -0.39 is 0 Å². The highest BCUT2D eigenvalue weighted by molar-refractivity contribution is 5.82. The second kappa shape index (κ2) is 6.57. The minimum absolute atomic E-state index is 0.139. The van der Waals surface area contributed by atoms with Gasteiger partial charge in [0.15, 0.2) is 5.82 Å². The van der Waals surface area contributed by atoms with Crippen LogP contribution < -0.4 is 0 Å². The van der Waals surface area contributed by atoms with Crippen molar-refractivity contribution in [2.24, 2.45) is 0 Å². The second-order valence-electron chi connectivity index (χ2n) is 6.19. The van der Waals surface area contributed by atoms with Gasteiger partial charge >= 0.3 is 0 Å². The zero-order chi connectivity index (χ0) is 19.0. The number of hydrogen-bond donors (Lipinski definition) is 2. The van der Waals surface area contributed by atoms with E-state index in [1.807, 2.05) is 6.92 Å². The summed E-state index contributed by atoms with van der Waals surface area (Å²) in [5.41, 5.74) is 3.84. The minimum Gasteiger partial charge on any atom is -0.508 e. The van der Waals surface area contributed by atoms with Gasteiger partial charge < -0.3 is 10.3 Å². The zero-order valence-electron chi connectivity index (χ0n) is 14.5. The summed E-state index contributed by atoms with van der Waals surface area (Å²) in [5, 5.41) is 20.6. The number of rotatable bonds is 3. The summed E-state index contributed by atoms with van der Waals surface area (Å²) in [5.74, 6) is 0.126. The molecule has 0 amide bonds. The summed E-state index contributed by atoms with van der Waals surface area (Å²) in [6.45, 7) is 1.83. The summed E-state index contributed by atoms with van der Waals surface area (Å²) in [7, 11) is 0. The van der Waals surface area contributed by atoms with E-state index in [9.17, 15) is 14.7 Å². The van der Waals surface area contributed by atoms with Gasteiger partial charge in [-0.25, -0.2) is 9.37 Å². The zero-order valence-corrected chi connectivity index (χ0v) is 14.5. The fraction of sp³-hybridized carbons (Fsp3) is 0.0476. The molecule has 0 unspecified atom stereocenters. The Morgan fingerprint density at radius 2 is 1.63 bits per heavy atom. The number of phenols is 1. The maximum absolute atomic E-state index is 13.4. The van der Waals surface area contributed by atoms with Crippen LogP contribution in [-0.2, 0) is 0 Å². The van der Waals surface area contributed by atoms with Crippen molar-refractivity contribution >= 4 is 0 Å². The molecule has 0 radical (unpaired) electrons. The highest BCUT2D eigenvalue weighted by Gasteiger charge is 2.22. The molecule has 0 fully saturated rings. The number of nitrogens with zero attached hydrogens (tertiary/aromatic N) is 3. The summed E-state index contributed by atoms with van der Waals surface area (Å²) in [6.07, 6.45) is 3.25. The molecule has 2 aromatic heterocycles. The van der Waals surface area contributed by atoms with Crippen LogP contribution in [0.15, 0.2) is 67.0 Å². The van der Waals surface area contributed by atoms with Crippen LogP contribution in [-0.4, -0.2) is 25.0 Å². The number of aromatic nitrogens is 3. The number of benzene rings is 2. The molecule has 0 aliphatic carbocycles. The lowest BCUT2D eigenvalue weighted by Gasteiger charge is -2.08. The van der Waals surface area contributed by atoms with Crippen LogP contribution in [0.25, 0.3) is 33.9 Å². The Balaban J connectivity index is 1.98. The van der Waals surface area contributed by atoms with Crippen LogP contribution in [0, 0.1) is 12.7 Å². The van der Waals surface area contributed by atoms with Gasteiger partial charge in [-0.05, 0) is 67.1 Å². The highest BCUT2D eigenvalue weighted by atomic mass is 19.1. The fourth-order valence-electron chi connectivity index (χ4n) is 3.06. The first-order valence-electron chi connectivity index (χ1n) is 8.33. The Kier molecular flexibility index (Phi) is 4.08. The van der Waals surface area contributed by atoms with Gasteiger partial charge in [0.25, 0.3) is 0 Å². The molecule has 0 saturated heterocycles. The summed E-state index contributed by atoms with van der Waals surface area (Å²) >= 11 is 0. The molecule has 2 heterocycles. The number of halogens is 1. The minimum atomic E-state index is -0.345. The second-order valence-corrected chi connectivity index (χ2v) is 6.19. The molecule has 2 N–H and O–H groups in total. The SMILES string of the molecule is Cc1cc(O)ccc1-c1nc(-c2ccc(F)cc2)c(-c2ccncc2)n1O. The smallest absolute Gasteiger partial charge is 0.176 e. The third-order valence-corrected chi connectivity index (χ3v) is 4.38. The number of phenolic OH excluding ortho intramolecular Hbond substituents is 1. The van der Waals surface area contributed by atoms with E-state index in [-0.39, 0.29) is 11.6 Å². The molecule has 4 aromatic rings. The Labute approximate surface area is 155 Å². The van der Waals surface area contributed by atoms with Crippen LogP contribution in [0.2, 0.25) is 0 Å². The molecule has 0 saturated carbocycles. The van der Waals surface area contributed by atoms with E-state index in [2.05, 4.69) is 9.97 Å². The molecule has 0 aliphatic rings. The van der Waals surface area contributed by atoms with Gasteiger partial charge in [-0.15, -0.1) is 0 Å². The molecule has 0 aliphatic heterocycles. The topological polar surface area (TPSA) is 71.2 Å². The number of pyridine rings is 1. The first-order valence-corrected chi connectivity index (χ1v) is 8.33. The van der Waals surface area contributed by atoms with Crippen LogP contribution in [0.4, 0.5) is 4.39 Å². The Bertz CT molecular complexity index is 1110. The highest BCUT2D eigenvalue weighted by Crippen LogP contribution is 2.36. The van der Waals surface area contributed by atoms with Gasteiger partial charge in [0, 0.05) is 29.1 Å². The average molecular weight is 361 g/mol. The number of hydrogen-bond acceptors (Lipinski definition) is 4. The van der Waals surface area contributed by atoms with E-state index in [1.54, 1.807) is 54.9 Å². The van der Waals surface area contributed by atoms with Crippen molar-refractivity contribution in [3.8, 4) is 39.7 Å². The van der Waals surface area contributed by atoms with E-state index in [0.717, 1.165) is 15.9 Å². The summed E-state index contributed by atoms with van der Waals surface area (Å²) in [4.78, 5) is 8.65. The van der Waals surface area contributed by atoms with Gasteiger partial charge in [-0.3, -0.25) is 4.98 Å². The third kappa shape index (κ3) is 3.01. The Hall–Kier alpha value is -3.67. The van der Waals surface area contributed by atoms with Crippen molar-refractivity contribution in [1.82, 2.24) is 14.7 Å². The molecule has 0 atom stereocenters. The number of aryl methyl sites for hydroxylation is 1. The molecule has 6 heteroatoms. The van der Waals surface area contributed by atoms with Crippen LogP contribution >= 0.6 is 0 Å². The normalized spacial score (nSPS) is 10.9. The van der Waals surface area contributed by atoms with Gasteiger partial charge in [0.05, 0.1) is 0 Å². The summed E-state index contributed by atoms with van der Waals surface area (Å²) < 4.78 is 14.4. The standard InChI is InChI=1S/C21H16FN3O2/c1-13-12-17(26)6-7-18(13)21-24-19(14-2-4-16(22)5-3-14)20(25(21)27)15-8-10-23-11-9-15/h2-12,26-27H,1H3. The Morgan fingerprint density at radius 1 is 0.926 bits per heavy atom. The van der Waals surface area contributed by atoms with E-state index in [4.69, 9.17) is 0 Å². The molecule has 2 aromatic carbocycles. The first kappa shape index (κ1) is 16.8. The van der Waals surface area contributed by atoms with Gasteiger partial charge in [0.1, 0.15) is 23.0 Å². The van der Waals surface area contributed by atoms with Gasteiger partial charge in [0.2, 0.25) is 0 Å². The van der Waals surface area contributed by atoms with E-state index in [1.165, 1.54) is 12.1 Å². The number of imidazole rings is 1. The average Bonchev–Trinajstić information content (AvgIpc) is 3.00. The molecule has 4 rings (SSSR count). The van der Waals surface area contributed by atoms with Crippen molar-refractivity contribution in [2.75, 3.05) is 0 Å². The van der Waals surface area contributed by atoms with E-state index >= 15 is 0 Å². The maximum Gasteiger partial charge on any atom is 0.176 e. The Morgan fingerprint density at radius 3 is 2.30 bits per heavy atom. The maximum atomic E-state index is 13.4. The van der Waals surface area contributed by atoms with Crippen molar-refractivity contribution in [3.05, 3.63) is 78.4 Å². The lowest BCUT2D eigenvalue weighted by Crippen LogP contribution is -1.98. The van der Waals surface area contributed by atoms with Crippen molar-refractivity contribution in [3.63, 3.8) is 0 Å². The molecule has 5 nitrogen and oxygen atoms in total. The molecule has 27 heavy (non-hydrogen) atoms. The van der Waals surface area contributed by atoms with Crippen molar-refractivity contribution in [2.45, 2.75) is 6.92 Å². The molecule has 134 valence electrons. The monoisotopic (exact) mass is 361 g/mol.